The molecule has 0 aliphatic carbocycles. The highest BCUT2D eigenvalue weighted by atomic mass is 19.1. The van der Waals surface area contributed by atoms with Crippen molar-refractivity contribution in [1.82, 2.24) is 9.97 Å². The van der Waals surface area contributed by atoms with Crippen LogP contribution in [-0.2, 0) is 0 Å². The van der Waals surface area contributed by atoms with Gasteiger partial charge in [-0.15, -0.1) is 0 Å². The second-order valence-corrected chi connectivity index (χ2v) is 6.15. The zero-order valence-corrected chi connectivity index (χ0v) is 14.1. The van der Waals surface area contributed by atoms with Crippen LogP contribution in [0, 0.1) is 19.7 Å². The van der Waals surface area contributed by atoms with Crippen LogP contribution in [0.4, 0.5) is 4.39 Å². The van der Waals surface area contributed by atoms with Gasteiger partial charge in [0.15, 0.2) is 0 Å². The Hall–Kier alpha value is -3.35. The summed E-state index contributed by atoms with van der Waals surface area (Å²) >= 11 is 0. The number of nitrogens with one attached hydrogen (secondary N) is 2. The number of aryl methyl sites for hydroxylation is 2. The molecule has 26 heavy (non-hydrogen) atoms. The molecule has 0 aliphatic heterocycles. The average Bonchev–Trinajstić information content (AvgIpc) is 2.52. The maximum Gasteiger partial charge on any atom is 0.256 e. The van der Waals surface area contributed by atoms with E-state index in [0.717, 1.165) is 0 Å². The van der Waals surface area contributed by atoms with E-state index in [0.29, 0.717) is 17.0 Å². The summed E-state index contributed by atoms with van der Waals surface area (Å²) in [6.07, 6.45) is 0. The Balaban J connectivity index is 2.38. The molecule has 0 aliphatic rings. The molecule has 2 heterocycles. The van der Waals surface area contributed by atoms with Gasteiger partial charge in [0.25, 0.3) is 11.1 Å². The molecule has 3 aromatic rings. The van der Waals surface area contributed by atoms with Crippen molar-refractivity contribution in [3.8, 4) is 11.5 Å². The Labute approximate surface area is 147 Å². The molecule has 0 fully saturated rings. The quantitative estimate of drug-likeness (QED) is 0.578. The number of aromatic nitrogens is 2. The van der Waals surface area contributed by atoms with Crippen LogP contribution in [0.5, 0.6) is 11.5 Å². The van der Waals surface area contributed by atoms with E-state index in [9.17, 15) is 24.2 Å². The van der Waals surface area contributed by atoms with Crippen molar-refractivity contribution in [1.29, 1.82) is 0 Å². The Morgan fingerprint density at radius 1 is 0.846 bits per heavy atom. The summed E-state index contributed by atoms with van der Waals surface area (Å²) in [6, 6.07) is 7.87. The summed E-state index contributed by atoms with van der Waals surface area (Å²) in [5.41, 5.74) is -0.154. The maximum absolute atomic E-state index is 13.3. The van der Waals surface area contributed by atoms with Gasteiger partial charge in [0, 0.05) is 11.4 Å². The Bertz CT molecular complexity index is 1020. The minimum Gasteiger partial charge on any atom is -0.507 e. The Morgan fingerprint density at radius 2 is 1.27 bits per heavy atom. The fourth-order valence-electron chi connectivity index (χ4n) is 3.05. The number of rotatable bonds is 3. The Morgan fingerprint density at radius 3 is 1.65 bits per heavy atom. The maximum atomic E-state index is 13.3. The molecule has 134 valence electrons. The van der Waals surface area contributed by atoms with Gasteiger partial charge in [0.05, 0.1) is 17.0 Å². The molecule has 0 radical (unpaired) electrons. The number of hydrogen-bond acceptors (Lipinski definition) is 4. The molecule has 1 aromatic carbocycles. The van der Waals surface area contributed by atoms with Crippen LogP contribution >= 0.6 is 0 Å². The molecular formula is C19H17FN2O4. The molecule has 4 N–H and O–H groups in total. The van der Waals surface area contributed by atoms with Crippen molar-refractivity contribution in [2.75, 3.05) is 0 Å². The standard InChI is InChI=1S/C19H17FN2O4/c1-9-7-13(23)16(18(25)21-9)15(11-3-5-12(20)6-4-11)17-14(24)8-10(2)22-19(17)26/h3-8,15H,1-2H3,(H2,21,23,25)(H2,22,24,26). The molecule has 7 heteroatoms. The summed E-state index contributed by atoms with van der Waals surface area (Å²) in [5.74, 6) is -2.21. The van der Waals surface area contributed by atoms with Crippen molar-refractivity contribution >= 4 is 0 Å². The van der Waals surface area contributed by atoms with E-state index < -0.39 is 22.9 Å². The van der Waals surface area contributed by atoms with E-state index in [1.807, 2.05) is 0 Å². The lowest BCUT2D eigenvalue weighted by atomic mass is 9.85. The van der Waals surface area contributed by atoms with Crippen LogP contribution in [-0.4, -0.2) is 20.2 Å². The van der Waals surface area contributed by atoms with Crippen molar-refractivity contribution < 1.29 is 14.6 Å². The third kappa shape index (κ3) is 3.11. The van der Waals surface area contributed by atoms with Gasteiger partial charge in [-0.3, -0.25) is 9.59 Å². The van der Waals surface area contributed by atoms with Crippen LogP contribution < -0.4 is 11.1 Å². The average molecular weight is 356 g/mol. The second-order valence-electron chi connectivity index (χ2n) is 6.15. The van der Waals surface area contributed by atoms with E-state index in [1.54, 1.807) is 13.8 Å². The van der Waals surface area contributed by atoms with Crippen molar-refractivity contribution in [2.24, 2.45) is 0 Å². The van der Waals surface area contributed by atoms with Crippen molar-refractivity contribution in [3.05, 3.63) is 91.0 Å². The van der Waals surface area contributed by atoms with Crippen LogP contribution in [0.25, 0.3) is 0 Å². The lowest BCUT2D eigenvalue weighted by Crippen LogP contribution is -2.24. The first-order valence-electron chi connectivity index (χ1n) is 7.89. The van der Waals surface area contributed by atoms with Gasteiger partial charge >= 0.3 is 0 Å². The number of H-pyrrole nitrogens is 2. The van der Waals surface area contributed by atoms with Gasteiger partial charge in [-0.2, -0.15) is 0 Å². The van der Waals surface area contributed by atoms with Gasteiger partial charge in [-0.1, -0.05) is 12.1 Å². The first-order valence-corrected chi connectivity index (χ1v) is 7.89. The van der Waals surface area contributed by atoms with Crippen molar-refractivity contribution in [3.63, 3.8) is 0 Å². The molecule has 0 unspecified atom stereocenters. The monoisotopic (exact) mass is 356 g/mol. The van der Waals surface area contributed by atoms with Crippen LogP contribution in [0.3, 0.4) is 0 Å². The van der Waals surface area contributed by atoms with E-state index in [-0.39, 0.29) is 22.6 Å². The lowest BCUT2D eigenvalue weighted by molar-refractivity contribution is 0.454. The number of halogens is 1. The molecular weight excluding hydrogens is 339 g/mol. The van der Waals surface area contributed by atoms with Gasteiger partial charge in [-0.25, -0.2) is 4.39 Å². The number of aromatic hydroxyl groups is 2. The lowest BCUT2D eigenvalue weighted by Gasteiger charge is -2.19. The SMILES string of the molecule is Cc1cc(O)c(C(c2ccc(F)cc2)c2c(O)cc(C)[nH]c2=O)c(=O)[nH]1. The normalized spacial score (nSPS) is 11.1. The summed E-state index contributed by atoms with van der Waals surface area (Å²) in [6.45, 7) is 3.21. The van der Waals surface area contributed by atoms with Gasteiger partial charge < -0.3 is 20.2 Å². The molecule has 6 nitrogen and oxygen atoms in total. The zero-order chi connectivity index (χ0) is 19.0. The van der Waals surface area contributed by atoms with Crippen LogP contribution in [0.15, 0.2) is 46.0 Å². The van der Waals surface area contributed by atoms with E-state index in [2.05, 4.69) is 9.97 Å². The van der Waals surface area contributed by atoms with Gasteiger partial charge in [0.2, 0.25) is 0 Å². The first-order chi connectivity index (χ1) is 12.3. The minimum atomic E-state index is -1.08. The van der Waals surface area contributed by atoms with Crippen LogP contribution in [0.1, 0.15) is 34.0 Å². The predicted octanol–water partition coefficient (Wildman–Crippen LogP) is 2.41. The highest BCUT2D eigenvalue weighted by Gasteiger charge is 2.28. The third-order valence-corrected chi connectivity index (χ3v) is 4.15. The molecule has 0 atom stereocenters. The van der Waals surface area contributed by atoms with Crippen LogP contribution in [0.2, 0.25) is 0 Å². The van der Waals surface area contributed by atoms with E-state index in [4.69, 9.17) is 0 Å². The van der Waals surface area contributed by atoms with Gasteiger partial charge in [0.1, 0.15) is 17.3 Å². The minimum absolute atomic E-state index is 0.105. The Kier molecular flexibility index (Phi) is 4.38. The summed E-state index contributed by atoms with van der Waals surface area (Å²) in [7, 11) is 0. The molecule has 0 bridgehead atoms. The number of pyridine rings is 2. The molecule has 2 aromatic heterocycles. The first kappa shape index (κ1) is 17.5. The summed E-state index contributed by atoms with van der Waals surface area (Å²) < 4.78 is 13.3. The molecule has 0 amide bonds. The highest BCUT2D eigenvalue weighted by molar-refractivity contribution is 5.51. The van der Waals surface area contributed by atoms with E-state index in [1.165, 1.54) is 36.4 Å². The number of benzene rings is 1. The zero-order valence-electron chi connectivity index (χ0n) is 14.1. The molecule has 0 spiro atoms. The van der Waals surface area contributed by atoms with Gasteiger partial charge in [-0.05, 0) is 43.7 Å². The predicted molar refractivity (Wildman–Crippen MR) is 94.3 cm³/mol. The van der Waals surface area contributed by atoms with E-state index >= 15 is 0 Å². The topological polar surface area (TPSA) is 106 Å². The summed E-state index contributed by atoms with van der Waals surface area (Å²) in [5, 5.41) is 20.7. The smallest absolute Gasteiger partial charge is 0.256 e. The molecule has 3 rings (SSSR count). The number of hydrogen-bond donors (Lipinski definition) is 4. The fraction of sp³-hybridized carbons (Fsp3) is 0.158. The number of aromatic amines is 2. The molecule has 0 saturated carbocycles. The third-order valence-electron chi connectivity index (χ3n) is 4.15. The molecule has 0 saturated heterocycles. The van der Waals surface area contributed by atoms with Crippen molar-refractivity contribution in [2.45, 2.75) is 19.8 Å². The highest BCUT2D eigenvalue weighted by Crippen LogP contribution is 2.36. The fourth-order valence-corrected chi connectivity index (χ4v) is 3.05. The second kappa shape index (κ2) is 6.51. The summed E-state index contributed by atoms with van der Waals surface area (Å²) in [4.78, 5) is 30.2. The largest absolute Gasteiger partial charge is 0.507 e.